The zero-order chi connectivity index (χ0) is 14.7. The first-order chi connectivity index (χ1) is 10.1. The molecule has 2 fully saturated rings. The number of ether oxygens (including phenoxy) is 1. The van der Waals surface area contributed by atoms with E-state index in [1.54, 1.807) is 0 Å². The highest BCUT2D eigenvalue weighted by atomic mass is 79.9. The monoisotopic (exact) mass is 355 g/mol. The summed E-state index contributed by atoms with van der Waals surface area (Å²) < 4.78 is 21.0. The van der Waals surface area contributed by atoms with Gasteiger partial charge in [0.2, 0.25) is 0 Å². The third-order valence-electron chi connectivity index (χ3n) is 4.76. The van der Waals surface area contributed by atoms with Crippen LogP contribution in [0.4, 0.5) is 4.39 Å². The van der Waals surface area contributed by atoms with Crippen LogP contribution in [0.5, 0.6) is 5.75 Å². The van der Waals surface area contributed by atoms with Gasteiger partial charge in [0, 0.05) is 11.0 Å². The lowest BCUT2D eigenvalue weighted by Gasteiger charge is -2.41. The van der Waals surface area contributed by atoms with E-state index in [-0.39, 0.29) is 0 Å². The fourth-order valence-electron chi connectivity index (χ4n) is 3.18. The Bertz CT molecular complexity index is 452. The van der Waals surface area contributed by atoms with Crippen molar-refractivity contribution in [1.82, 2.24) is 4.90 Å². The molecule has 0 amide bonds. The van der Waals surface area contributed by atoms with Crippen molar-refractivity contribution in [2.24, 2.45) is 5.92 Å². The molecule has 1 aliphatic carbocycles. The zero-order valence-corrected chi connectivity index (χ0v) is 13.9. The summed E-state index contributed by atoms with van der Waals surface area (Å²) in [6.07, 6.45) is 4.83. The molecule has 0 spiro atoms. The molecule has 21 heavy (non-hydrogen) atoms. The van der Waals surface area contributed by atoms with Crippen LogP contribution < -0.4 is 4.74 Å². The summed E-state index contributed by atoms with van der Waals surface area (Å²) in [5.41, 5.74) is -0.874. The Morgan fingerprint density at radius 3 is 2.43 bits per heavy atom. The number of hydrogen-bond donors (Lipinski definition) is 0. The van der Waals surface area contributed by atoms with E-state index >= 15 is 0 Å². The van der Waals surface area contributed by atoms with Crippen molar-refractivity contribution < 1.29 is 9.13 Å². The third kappa shape index (κ3) is 4.19. The van der Waals surface area contributed by atoms with Crippen LogP contribution in [0, 0.1) is 5.92 Å². The highest BCUT2D eigenvalue weighted by molar-refractivity contribution is 9.10. The van der Waals surface area contributed by atoms with Gasteiger partial charge in [-0.05, 0) is 75.4 Å². The lowest BCUT2D eigenvalue weighted by Crippen LogP contribution is -2.47. The number of likely N-dealkylation sites (tertiary alicyclic amines) is 1. The fraction of sp³-hybridized carbons (Fsp3) is 0.647. The Morgan fingerprint density at radius 1 is 1.19 bits per heavy atom. The Balaban J connectivity index is 1.38. The quantitative estimate of drug-likeness (QED) is 0.774. The molecule has 3 rings (SSSR count). The summed E-state index contributed by atoms with van der Waals surface area (Å²) in [5.74, 6) is 1.53. The molecule has 1 saturated carbocycles. The van der Waals surface area contributed by atoms with Crippen molar-refractivity contribution in [3.63, 3.8) is 0 Å². The van der Waals surface area contributed by atoms with E-state index in [2.05, 4.69) is 20.8 Å². The molecule has 0 unspecified atom stereocenters. The average molecular weight is 356 g/mol. The van der Waals surface area contributed by atoms with Crippen molar-refractivity contribution in [3.05, 3.63) is 28.7 Å². The van der Waals surface area contributed by atoms with Crippen LogP contribution in [0.25, 0.3) is 0 Å². The van der Waals surface area contributed by atoms with Crippen LogP contribution in [0.1, 0.15) is 32.1 Å². The van der Waals surface area contributed by atoms with E-state index in [0.717, 1.165) is 62.0 Å². The maximum atomic E-state index is 14.1. The van der Waals surface area contributed by atoms with E-state index < -0.39 is 5.67 Å². The first-order valence-corrected chi connectivity index (χ1v) is 8.72. The number of nitrogens with zero attached hydrogens (tertiary/aromatic N) is 1. The van der Waals surface area contributed by atoms with E-state index in [1.807, 2.05) is 24.3 Å². The molecule has 2 nitrogen and oxygen atoms in total. The van der Waals surface area contributed by atoms with Crippen LogP contribution in [0.15, 0.2) is 28.7 Å². The number of piperidine rings is 1. The lowest BCUT2D eigenvalue weighted by atomic mass is 9.81. The SMILES string of the molecule is FC1(CN2CCC(COc3ccc(Br)cc3)CC2)CCC1. The Morgan fingerprint density at radius 2 is 1.86 bits per heavy atom. The largest absolute Gasteiger partial charge is 0.493 e. The Hall–Kier alpha value is -0.610. The zero-order valence-electron chi connectivity index (χ0n) is 12.4. The summed E-state index contributed by atoms with van der Waals surface area (Å²) in [7, 11) is 0. The second kappa shape index (κ2) is 6.66. The van der Waals surface area contributed by atoms with Gasteiger partial charge < -0.3 is 9.64 Å². The summed E-state index contributed by atoms with van der Waals surface area (Å²) in [6, 6.07) is 7.97. The van der Waals surface area contributed by atoms with Gasteiger partial charge in [-0.1, -0.05) is 15.9 Å². The number of halogens is 2. The second-order valence-electron chi connectivity index (χ2n) is 6.49. The molecule has 0 aromatic heterocycles. The van der Waals surface area contributed by atoms with Gasteiger partial charge in [-0.25, -0.2) is 4.39 Å². The molecule has 0 radical (unpaired) electrons. The summed E-state index contributed by atoms with van der Waals surface area (Å²) in [4.78, 5) is 2.30. The minimum absolute atomic E-state index is 0.599. The Kier molecular flexibility index (Phi) is 4.85. The normalized spacial score (nSPS) is 22.8. The van der Waals surface area contributed by atoms with Gasteiger partial charge >= 0.3 is 0 Å². The van der Waals surface area contributed by atoms with Crippen LogP contribution in [-0.2, 0) is 0 Å². The molecule has 0 N–H and O–H groups in total. The number of alkyl halides is 1. The highest BCUT2D eigenvalue weighted by Gasteiger charge is 2.39. The van der Waals surface area contributed by atoms with Gasteiger partial charge in [0.1, 0.15) is 11.4 Å². The number of hydrogen-bond acceptors (Lipinski definition) is 2. The van der Waals surface area contributed by atoms with Crippen molar-refractivity contribution in [3.8, 4) is 5.75 Å². The number of benzene rings is 1. The van der Waals surface area contributed by atoms with E-state index in [9.17, 15) is 4.39 Å². The van der Waals surface area contributed by atoms with Gasteiger partial charge in [-0.3, -0.25) is 0 Å². The molecule has 0 atom stereocenters. The van der Waals surface area contributed by atoms with E-state index in [0.29, 0.717) is 12.5 Å². The van der Waals surface area contributed by atoms with Gasteiger partial charge in [-0.15, -0.1) is 0 Å². The van der Waals surface area contributed by atoms with E-state index in [1.165, 1.54) is 0 Å². The topological polar surface area (TPSA) is 12.5 Å². The maximum absolute atomic E-state index is 14.1. The predicted molar refractivity (Wildman–Crippen MR) is 86.5 cm³/mol. The fourth-order valence-corrected chi connectivity index (χ4v) is 3.44. The van der Waals surface area contributed by atoms with Gasteiger partial charge in [0.25, 0.3) is 0 Å². The molecule has 1 aliphatic heterocycles. The first-order valence-electron chi connectivity index (χ1n) is 7.93. The molecule has 1 heterocycles. The Labute approximate surface area is 134 Å². The average Bonchev–Trinajstić information content (AvgIpc) is 2.46. The molecular weight excluding hydrogens is 333 g/mol. The van der Waals surface area contributed by atoms with Crippen LogP contribution in [-0.4, -0.2) is 36.8 Å². The molecule has 1 aromatic carbocycles. The van der Waals surface area contributed by atoms with Crippen molar-refractivity contribution in [1.29, 1.82) is 0 Å². The molecule has 0 bridgehead atoms. The second-order valence-corrected chi connectivity index (χ2v) is 7.40. The molecule has 2 aliphatic rings. The predicted octanol–water partition coefficient (Wildman–Crippen LogP) is 4.43. The van der Waals surface area contributed by atoms with Crippen LogP contribution >= 0.6 is 15.9 Å². The van der Waals surface area contributed by atoms with Gasteiger partial charge in [0.15, 0.2) is 0 Å². The summed E-state index contributed by atoms with van der Waals surface area (Å²) >= 11 is 3.42. The van der Waals surface area contributed by atoms with Crippen LogP contribution in [0.2, 0.25) is 0 Å². The highest BCUT2D eigenvalue weighted by Crippen LogP contribution is 2.37. The van der Waals surface area contributed by atoms with E-state index in [4.69, 9.17) is 4.74 Å². The molecular formula is C17H23BrFNO. The molecule has 4 heteroatoms. The van der Waals surface area contributed by atoms with Gasteiger partial charge in [0.05, 0.1) is 6.61 Å². The molecule has 1 aromatic rings. The van der Waals surface area contributed by atoms with Crippen molar-refractivity contribution in [2.75, 3.05) is 26.2 Å². The van der Waals surface area contributed by atoms with Crippen molar-refractivity contribution >= 4 is 15.9 Å². The standard InChI is InChI=1S/C17H23BrFNO/c18-15-2-4-16(5-3-15)21-12-14-6-10-20(11-7-14)13-17(19)8-1-9-17/h2-5,14H,1,6-13H2. The van der Waals surface area contributed by atoms with Gasteiger partial charge in [-0.2, -0.15) is 0 Å². The first kappa shape index (κ1) is 15.3. The third-order valence-corrected chi connectivity index (χ3v) is 5.29. The summed E-state index contributed by atoms with van der Waals surface area (Å²) in [5, 5.41) is 0. The number of rotatable bonds is 5. The molecule has 1 saturated heterocycles. The minimum Gasteiger partial charge on any atom is -0.493 e. The lowest BCUT2D eigenvalue weighted by molar-refractivity contribution is 0.00740. The maximum Gasteiger partial charge on any atom is 0.123 e. The molecule has 116 valence electrons. The smallest absolute Gasteiger partial charge is 0.123 e. The summed E-state index contributed by atoms with van der Waals surface area (Å²) in [6.45, 7) is 3.45. The minimum atomic E-state index is -0.874. The van der Waals surface area contributed by atoms with Crippen LogP contribution in [0.3, 0.4) is 0 Å². The van der Waals surface area contributed by atoms with Crippen molar-refractivity contribution in [2.45, 2.75) is 37.8 Å².